The zero-order chi connectivity index (χ0) is 31.1. The number of aromatic nitrogens is 1. The second-order valence-electron chi connectivity index (χ2n) is 10.3. The molecule has 9 heteroatoms. The van der Waals surface area contributed by atoms with Crippen LogP contribution in [0, 0.1) is 20.8 Å². The van der Waals surface area contributed by atoms with E-state index in [9.17, 15) is 4.79 Å². The van der Waals surface area contributed by atoms with Crippen molar-refractivity contribution in [2.45, 2.75) is 27.3 Å². The van der Waals surface area contributed by atoms with Crippen LogP contribution in [-0.4, -0.2) is 30.5 Å². The van der Waals surface area contributed by atoms with E-state index in [1.165, 1.54) is 11.3 Å². The number of hydrogen-bond acceptors (Lipinski definition) is 6. The van der Waals surface area contributed by atoms with Crippen LogP contribution in [0.15, 0.2) is 105 Å². The highest BCUT2D eigenvalue weighted by atomic mass is 79.9. The number of nitrogens with zero attached hydrogens (tertiary/aromatic N) is 3. The Bertz CT molecular complexity index is 1860. The summed E-state index contributed by atoms with van der Waals surface area (Å²) in [6.07, 6.45) is 1.76. The van der Waals surface area contributed by atoms with Crippen LogP contribution in [0.1, 0.15) is 27.8 Å². The molecule has 0 atom stereocenters. The lowest BCUT2D eigenvalue weighted by Gasteiger charge is -2.14. The summed E-state index contributed by atoms with van der Waals surface area (Å²) in [5.74, 6) is 0.725. The van der Waals surface area contributed by atoms with Crippen molar-refractivity contribution >= 4 is 45.1 Å². The largest absolute Gasteiger partial charge is 0.493 e. The molecule has 1 heterocycles. The Kier molecular flexibility index (Phi) is 10.1. The number of aryl methyl sites for hydroxylation is 3. The van der Waals surface area contributed by atoms with Gasteiger partial charge in [-0.3, -0.25) is 9.79 Å². The minimum Gasteiger partial charge on any atom is -0.493 e. The lowest BCUT2D eigenvalue weighted by molar-refractivity contribution is -0.118. The number of carbonyl (C=O) groups excluding carboxylic acids is 1. The number of ether oxygens (including phenoxy) is 2. The molecule has 0 aliphatic rings. The zero-order valence-corrected chi connectivity index (χ0v) is 27.4. The van der Waals surface area contributed by atoms with Crippen LogP contribution < -0.4 is 19.6 Å². The molecule has 1 amide bonds. The van der Waals surface area contributed by atoms with Crippen molar-refractivity contribution in [3.8, 4) is 22.8 Å². The van der Waals surface area contributed by atoms with Crippen LogP contribution in [0.3, 0.4) is 0 Å². The Morgan fingerprint density at radius 1 is 0.955 bits per heavy atom. The molecule has 0 aliphatic heterocycles. The Hall–Kier alpha value is -4.47. The third kappa shape index (κ3) is 7.72. The highest BCUT2D eigenvalue weighted by Gasteiger charge is 2.12. The molecule has 44 heavy (non-hydrogen) atoms. The second-order valence-corrected chi connectivity index (χ2v) is 12.0. The molecule has 5 rings (SSSR count). The first-order chi connectivity index (χ1) is 21.3. The second kappa shape index (κ2) is 14.3. The summed E-state index contributed by atoms with van der Waals surface area (Å²) in [4.78, 5) is 18.3. The van der Waals surface area contributed by atoms with E-state index in [4.69, 9.17) is 19.6 Å². The van der Waals surface area contributed by atoms with E-state index in [1.807, 2.05) is 86.1 Å². The van der Waals surface area contributed by atoms with Crippen LogP contribution in [0.4, 0.5) is 5.69 Å². The van der Waals surface area contributed by atoms with Gasteiger partial charge >= 0.3 is 0 Å². The van der Waals surface area contributed by atoms with Gasteiger partial charge in [0.2, 0.25) is 4.80 Å². The molecule has 0 unspecified atom stereocenters. The number of methoxy groups -OCH3 is 1. The molecule has 0 bridgehead atoms. The van der Waals surface area contributed by atoms with Crippen LogP contribution in [0.2, 0.25) is 0 Å². The molecule has 0 aliphatic carbocycles. The van der Waals surface area contributed by atoms with Gasteiger partial charge in [0, 0.05) is 21.1 Å². The molecular formula is C35H33BrN4O3S. The SMILES string of the molecule is COc1cc(C=Nn2c(-c3cccc(Br)c3)csc2=NCc2ccccc2)ccc1OCC(=O)Nc1c(C)cc(C)cc1C. The molecule has 5 aromatic rings. The minimum atomic E-state index is -0.242. The van der Waals surface area contributed by atoms with Gasteiger partial charge < -0.3 is 14.8 Å². The first-order valence-corrected chi connectivity index (χ1v) is 15.7. The highest BCUT2D eigenvalue weighted by molar-refractivity contribution is 9.10. The Morgan fingerprint density at radius 3 is 2.45 bits per heavy atom. The zero-order valence-electron chi connectivity index (χ0n) is 25.0. The monoisotopic (exact) mass is 668 g/mol. The van der Waals surface area contributed by atoms with Crippen LogP contribution in [-0.2, 0) is 11.3 Å². The fourth-order valence-electron chi connectivity index (χ4n) is 4.81. The lowest BCUT2D eigenvalue weighted by atomic mass is 10.1. The lowest BCUT2D eigenvalue weighted by Crippen LogP contribution is -2.21. The standard InChI is InChI=1S/C35H33BrN4O3S/c1-23-15-24(2)34(25(3)16-23)39-33(41)21-43-31-14-13-27(17-32(31)42-4)20-38-40-30(28-11-8-12-29(36)18-28)22-44-35(40)37-19-26-9-6-5-7-10-26/h5-18,20,22H,19,21H2,1-4H3,(H,39,41). The predicted octanol–water partition coefficient (Wildman–Crippen LogP) is 7.91. The van der Waals surface area contributed by atoms with Gasteiger partial charge in [-0.2, -0.15) is 5.10 Å². The number of benzene rings is 4. The molecule has 0 radical (unpaired) electrons. The summed E-state index contributed by atoms with van der Waals surface area (Å²) in [7, 11) is 1.57. The number of halogens is 1. The summed E-state index contributed by atoms with van der Waals surface area (Å²) >= 11 is 5.12. The Morgan fingerprint density at radius 2 is 1.73 bits per heavy atom. The molecule has 0 fully saturated rings. The number of nitrogens with one attached hydrogen (secondary N) is 1. The Balaban J connectivity index is 1.36. The van der Waals surface area contributed by atoms with Crippen molar-refractivity contribution in [1.82, 2.24) is 4.68 Å². The van der Waals surface area contributed by atoms with Crippen molar-refractivity contribution in [2.24, 2.45) is 10.1 Å². The van der Waals surface area contributed by atoms with Gasteiger partial charge in [-0.15, -0.1) is 11.3 Å². The van der Waals surface area contributed by atoms with Gasteiger partial charge in [-0.05, 0) is 73.4 Å². The van der Waals surface area contributed by atoms with E-state index in [1.54, 1.807) is 19.4 Å². The van der Waals surface area contributed by atoms with Gasteiger partial charge in [0.1, 0.15) is 0 Å². The summed E-state index contributed by atoms with van der Waals surface area (Å²) in [6, 6.07) is 27.8. The molecule has 0 spiro atoms. The maximum atomic E-state index is 12.7. The maximum absolute atomic E-state index is 12.7. The molecule has 7 nitrogen and oxygen atoms in total. The van der Waals surface area contributed by atoms with E-state index in [-0.39, 0.29) is 12.5 Å². The van der Waals surface area contributed by atoms with Crippen LogP contribution >= 0.6 is 27.3 Å². The van der Waals surface area contributed by atoms with E-state index in [0.29, 0.717) is 18.0 Å². The summed E-state index contributed by atoms with van der Waals surface area (Å²) in [5.41, 5.74) is 7.86. The molecular weight excluding hydrogens is 636 g/mol. The van der Waals surface area contributed by atoms with Gasteiger partial charge in [-0.1, -0.05) is 76.1 Å². The van der Waals surface area contributed by atoms with E-state index in [2.05, 4.69) is 44.8 Å². The fourth-order valence-corrected chi connectivity index (χ4v) is 6.05. The normalized spacial score (nSPS) is 11.6. The summed E-state index contributed by atoms with van der Waals surface area (Å²) in [5, 5.41) is 9.87. The van der Waals surface area contributed by atoms with Crippen molar-refractivity contribution in [3.63, 3.8) is 0 Å². The van der Waals surface area contributed by atoms with Gasteiger partial charge in [0.05, 0.1) is 25.6 Å². The summed E-state index contributed by atoms with van der Waals surface area (Å²) < 4.78 is 14.3. The van der Waals surface area contributed by atoms with Crippen LogP contribution in [0.25, 0.3) is 11.3 Å². The van der Waals surface area contributed by atoms with Crippen molar-refractivity contribution in [1.29, 1.82) is 0 Å². The summed E-state index contributed by atoms with van der Waals surface area (Å²) in [6.45, 7) is 6.40. The molecule has 4 aromatic carbocycles. The number of carbonyl (C=O) groups is 1. The minimum absolute atomic E-state index is 0.149. The number of anilines is 1. The predicted molar refractivity (Wildman–Crippen MR) is 182 cm³/mol. The van der Waals surface area contributed by atoms with Crippen molar-refractivity contribution < 1.29 is 14.3 Å². The highest BCUT2D eigenvalue weighted by Crippen LogP contribution is 2.29. The Labute approximate surface area is 269 Å². The third-order valence-corrected chi connectivity index (χ3v) is 8.20. The smallest absolute Gasteiger partial charge is 0.262 e. The molecule has 1 aromatic heterocycles. The molecule has 0 saturated carbocycles. The third-order valence-electron chi connectivity index (χ3n) is 6.86. The maximum Gasteiger partial charge on any atom is 0.262 e. The first-order valence-electron chi connectivity index (χ1n) is 14.0. The number of hydrogen-bond donors (Lipinski definition) is 1. The average molecular weight is 670 g/mol. The molecule has 1 N–H and O–H groups in total. The van der Waals surface area contributed by atoms with Gasteiger partial charge in [-0.25, -0.2) is 4.68 Å². The number of thiazole rings is 1. The van der Waals surface area contributed by atoms with E-state index >= 15 is 0 Å². The van der Waals surface area contributed by atoms with Crippen LogP contribution in [0.5, 0.6) is 11.5 Å². The van der Waals surface area contributed by atoms with Gasteiger partial charge in [0.25, 0.3) is 5.91 Å². The van der Waals surface area contributed by atoms with Crippen molar-refractivity contribution in [2.75, 3.05) is 19.0 Å². The van der Waals surface area contributed by atoms with Gasteiger partial charge in [0.15, 0.2) is 18.1 Å². The fraction of sp³-hybridized carbons (Fsp3) is 0.171. The first kappa shape index (κ1) is 31.0. The van der Waals surface area contributed by atoms with Crippen molar-refractivity contribution in [3.05, 3.63) is 127 Å². The quantitative estimate of drug-likeness (QED) is 0.154. The average Bonchev–Trinajstić information content (AvgIpc) is 3.43. The molecule has 224 valence electrons. The number of rotatable bonds is 10. The topological polar surface area (TPSA) is 77.2 Å². The van der Waals surface area contributed by atoms with E-state index in [0.717, 1.165) is 54.0 Å². The van der Waals surface area contributed by atoms with E-state index < -0.39 is 0 Å². The molecule has 0 saturated heterocycles. The number of amides is 1.